The van der Waals surface area contributed by atoms with Gasteiger partial charge in [0.25, 0.3) is 5.91 Å². The molecule has 2 aliphatic rings. The van der Waals surface area contributed by atoms with Crippen LogP contribution in [0.5, 0.6) is 11.5 Å². The molecular formula is C21H24N2O5. The van der Waals surface area contributed by atoms with Crippen molar-refractivity contribution in [1.29, 1.82) is 0 Å². The van der Waals surface area contributed by atoms with Crippen LogP contribution in [-0.2, 0) is 9.53 Å². The number of hydrogen-bond acceptors (Lipinski definition) is 5. The third-order valence-corrected chi connectivity index (χ3v) is 5.22. The van der Waals surface area contributed by atoms with Crippen LogP contribution in [0.1, 0.15) is 59.2 Å². The highest BCUT2D eigenvalue weighted by molar-refractivity contribution is 5.92. The van der Waals surface area contributed by atoms with Crippen molar-refractivity contribution in [2.75, 3.05) is 13.4 Å². The number of nitrogens with one attached hydrogen (secondary N) is 1. The number of aromatic nitrogens is 1. The summed E-state index contributed by atoms with van der Waals surface area (Å²) in [4.78, 5) is 24.6. The first-order chi connectivity index (χ1) is 13.4. The number of carbonyl (C=O) groups excluding carboxylic acids is 2. The molecule has 1 atom stereocenters. The number of benzene rings is 1. The summed E-state index contributed by atoms with van der Waals surface area (Å²) in [6.07, 6.45) is 2.29. The van der Waals surface area contributed by atoms with Gasteiger partial charge in [-0.15, -0.1) is 0 Å². The summed E-state index contributed by atoms with van der Waals surface area (Å²) >= 11 is 0. The van der Waals surface area contributed by atoms with Crippen molar-refractivity contribution >= 4 is 11.9 Å². The summed E-state index contributed by atoms with van der Waals surface area (Å²) in [6.45, 7) is 5.66. The van der Waals surface area contributed by atoms with E-state index in [1.807, 2.05) is 45.0 Å². The van der Waals surface area contributed by atoms with Gasteiger partial charge in [-0.25, -0.2) is 4.79 Å². The Kier molecular flexibility index (Phi) is 4.75. The number of nitrogens with zero attached hydrogens (tertiary/aromatic N) is 1. The molecule has 1 aliphatic heterocycles. The van der Waals surface area contributed by atoms with Gasteiger partial charge < -0.3 is 24.1 Å². The molecule has 0 spiro atoms. The van der Waals surface area contributed by atoms with Gasteiger partial charge in [-0.3, -0.25) is 4.79 Å². The van der Waals surface area contributed by atoms with Crippen LogP contribution < -0.4 is 14.8 Å². The molecule has 1 fully saturated rings. The summed E-state index contributed by atoms with van der Waals surface area (Å²) in [7, 11) is 0. The molecule has 1 aromatic carbocycles. The topological polar surface area (TPSA) is 78.8 Å². The van der Waals surface area contributed by atoms with Crippen LogP contribution in [0.15, 0.2) is 24.3 Å². The molecule has 4 rings (SSSR count). The number of rotatable bonds is 6. The lowest BCUT2D eigenvalue weighted by atomic mass is 10.1. The van der Waals surface area contributed by atoms with Crippen LogP contribution >= 0.6 is 0 Å². The molecule has 1 aliphatic carbocycles. The van der Waals surface area contributed by atoms with Crippen LogP contribution in [0.25, 0.3) is 0 Å². The summed E-state index contributed by atoms with van der Waals surface area (Å²) < 4.78 is 18.1. The van der Waals surface area contributed by atoms with E-state index in [0.717, 1.165) is 29.8 Å². The van der Waals surface area contributed by atoms with Crippen molar-refractivity contribution < 1.29 is 23.8 Å². The predicted molar refractivity (Wildman–Crippen MR) is 102 cm³/mol. The largest absolute Gasteiger partial charge is 0.454 e. The van der Waals surface area contributed by atoms with Crippen molar-refractivity contribution in [2.45, 2.75) is 45.7 Å². The lowest BCUT2D eigenvalue weighted by Crippen LogP contribution is -2.31. The smallest absolute Gasteiger partial charge is 0.340 e. The van der Waals surface area contributed by atoms with Crippen molar-refractivity contribution in [2.24, 2.45) is 0 Å². The Hall–Kier alpha value is -2.96. The van der Waals surface area contributed by atoms with Crippen LogP contribution in [-0.4, -0.2) is 29.8 Å². The first-order valence-electron chi connectivity index (χ1n) is 9.48. The molecule has 2 heterocycles. The van der Waals surface area contributed by atoms with Gasteiger partial charge in [-0.2, -0.15) is 0 Å². The Morgan fingerprint density at radius 3 is 2.71 bits per heavy atom. The Labute approximate surface area is 163 Å². The van der Waals surface area contributed by atoms with Gasteiger partial charge in [0.1, 0.15) is 0 Å². The average Bonchev–Trinajstić information content (AvgIpc) is 3.30. The number of carbonyl (C=O) groups is 2. The minimum atomic E-state index is -0.467. The highest BCUT2D eigenvalue weighted by Gasteiger charge is 2.29. The molecule has 0 unspecified atom stereocenters. The van der Waals surface area contributed by atoms with Gasteiger partial charge in [-0.1, -0.05) is 6.07 Å². The fraction of sp³-hybridized carbons (Fsp3) is 0.429. The SMILES string of the molecule is Cc1cc(C(=O)OCC(=O)N[C@@H](C)c2ccc3c(c2)OCO3)c(C)n1C1CC1. The van der Waals surface area contributed by atoms with Gasteiger partial charge in [0.05, 0.1) is 11.6 Å². The molecule has 7 heteroatoms. The molecule has 1 N–H and O–H groups in total. The van der Waals surface area contributed by atoms with E-state index in [2.05, 4.69) is 9.88 Å². The summed E-state index contributed by atoms with van der Waals surface area (Å²) in [5.41, 5.74) is 3.37. The molecule has 148 valence electrons. The van der Waals surface area contributed by atoms with Crippen LogP contribution in [0.4, 0.5) is 0 Å². The number of aryl methyl sites for hydroxylation is 1. The number of hydrogen-bond donors (Lipinski definition) is 1. The Morgan fingerprint density at radius 2 is 1.96 bits per heavy atom. The molecule has 1 saturated carbocycles. The van der Waals surface area contributed by atoms with Gasteiger partial charge in [-0.05, 0) is 57.4 Å². The average molecular weight is 384 g/mol. The van der Waals surface area contributed by atoms with Gasteiger partial charge in [0.2, 0.25) is 6.79 Å². The molecule has 2 aromatic rings. The third kappa shape index (κ3) is 3.56. The summed E-state index contributed by atoms with van der Waals surface area (Å²) in [5, 5.41) is 2.84. The highest BCUT2D eigenvalue weighted by Crippen LogP contribution is 2.38. The predicted octanol–water partition coefficient (Wildman–Crippen LogP) is 3.20. The number of esters is 1. The van der Waals surface area contributed by atoms with Crippen LogP contribution in [0.3, 0.4) is 0 Å². The van der Waals surface area contributed by atoms with E-state index in [4.69, 9.17) is 14.2 Å². The quantitative estimate of drug-likeness (QED) is 0.774. The van der Waals surface area contributed by atoms with Gasteiger partial charge in [0.15, 0.2) is 18.1 Å². The van der Waals surface area contributed by atoms with Crippen molar-refractivity contribution in [3.8, 4) is 11.5 Å². The maximum atomic E-state index is 12.4. The normalized spacial score (nSPS) is 16.0. The van der Waals surface area contributed by atoms with Gasteiger partial charge in [0, 0.05) is 17.4 Å². The van der Waals surface area contributed by atoms with Crippen LogP contribution in [0, 0.1) is 13.8 Å². The number of amides is 1. The van der Waals surface area contributed by atoms with Gasteiger partial charge >= 0.3 is 5.97 Å². The fourth-order valence-electron chi connectivity index (χ4n) is 3.64. The van der Waals surface area contributed by atoms with E-state index in [1.54, 1.807) is 0 Å². The second-order valence-electron chi connectivity index (χ2n) is 7.36. The van der Waals surface area contributed by atoms with Crippen LogP contribution in [0.2, 0.25) is 0 Å². The summed E-state index contributed by atoms with van der Waals surface area (Å²) in [5.74, 6) is 0.538. The van der Waals surface area contributed by atoms with E-state index in [1.165, 1.54) is 0 Å². The maximum Gasteiger partial charge on any atom is 0.340 e. The molecule has 1 aromatic heterocycles. The second-order valence-corrected chi connectivity index (χ2v) is 7.36. The first-order valence-corrected chi connectivity index (χ1v) is 9.48. The Balaban J connectivity index is 1.33. The van der Waals surface area contributed by atoms with Crippen molar-refractivity contribution in [3.63, 3.8) is 0 Å². The molecule has 0 radical (unpaired) electrons. The fourth-order valence-corrected chi connectivity index (χ4v) is 3.64. The van der Waals surface area contributed by atoms with E-state index >= 15 is 0 Å². The van der Waals surface area contributed by atoms with Crippen molar-refractivity contribution in [1.82, 2.24) is 9.88 Å². The zero-order valence-corrected chi connectivity index (χ0v) is 16.3. The highest BCUT2D eigenvalue weighted by atomic mass is 16.7. The zero-order chi connectivity index (χ0) is 19.8. The van der Waals surface area contributed by atoms with Crippen molar-refractivity contribution in [3.05, 3.63) is 46.8 Å². The monoisotopic (exact) mass is 384 g/mol. The lowest BCUT2D eigenvalue weighted by Gasteiger charge is -2.15. The number of ether oxygens (including phenoxy) is 3. The van der Waals surface area contributed by atoms with E-state index in [9.17, 15) is 9.59 Å². The lowest BCUT2D eigenvalue weighted by molar-refractivity contribution is -0.124. The first kappa shape index (κ1) is 18.4. The standard InChI is InChI=1S/C21H24N2O5/c1-12-8-17(14(3)23(12)16-5-6-16)21(25)26-10-20(24)22-13(2)15-4-7-18-19(9-15)28-11-27-18/h4,7-9,13,16H,5-6,10-11H2,1-3H3,(H,22,24)/t13-/m0/s1. The summed E-state index contributed by atoms with van der Waals surface area (Å²) in [6, 6.07) is 7.61. The Morgan fingerprint density at radius 1 is 1.21 bits per heavy atom. The molecular weight excluding hydrogens is 360 g/mol. The number of fused-ring (bicyclic) bond motifs is 1. The van der Waals surface area contributed by atoms with E-state index in [-0.39, 0.29) is 25.3 Å². The molecule has 1 amide bonds. The molecule has 0 bridgehead atoms. The van der Waals surface area contributed by atoms with E-state index in [0.29, 0.717) is 23.1 Å². The third-order valence-electron chi connectivity index (χ3n) is 5.22. The second kappa shape index (κ2) is 7.22. The molecule has 0 saturated heterocycles. The molecule has 7 nitrogen and oxygen atoms in total. The molecule has 28 heavy (non-hydrogen) atoms. The Bertz CT molecular complexity index is 929. The minimum absolute atomic E-state index is 0.205. The zero-order valence-electron chi connectivity index (χ0n) is 16.3. The minimum Gasteiger partial charge on any atom is -0.454 e. The van der Waals surface area contributed by atoms with E-state index < -0.39 is 5.97 Å². The maximum absolute atomic E-state index is 12.4.